The third-order valence-electron chi connectivity index (χ3n) is 5.48. The maximum atomic E-state index is 5.00. The van der Waals surface area contributed by atoms with Gasteiger partial charge in [-0.2, -0.15) is 0 Å². The summed E-state index contributed by atoms with van der Waals surface area (Å²) < 4.78 is 1.83. The van der Waals surface area contributed by atoms with Gasteiger partial charge in [0.2, 0.25) is 0 Å². The predicted molar refractivity (Wildman–Crippen MR) is 94.7 cm³/mol. The first-order chi connectivity index (χ1) is 11.8. The van der Waals surface area contributed by atoms with E-state index in [1.807, 2.05) is 11.7 Å². The van der Waals surface area contributed by atoms with Crippen LogP contribution in [0.25, 0.3) is 16.6 Å². The van der Waals surface area contributed by atoms with Crippen molar-refractivity contribution in [3.05, 3.63) is 58.9 Å². The highest BCUT2D eigenvalue weighted by molar-refractivity contribution is 5.88. The van der Waals surface area contributed by atoms with Crippen LogP contribution in [0.4, 0.5) is 0 Å². The SMILES string of the molecule is Cn1nnc2ccc(C3=CCc4nc(C5CCCC5)ccc43)cc21. The van der Waals surface area contributed by atoms with E-state index in [-0.39, 0.29) is 0 Å². The highest BCUT2D eigenvalue weighted by Crippen LogP contribution is 2.37. The van der Waals surface area contributed by atoms with Gasteiger partial charge in [0.05, 0.1) is 11.2 Å². The molecule has 120 valence electrons. The summed E-state index contributed by atoms with van der Waals surface area (Å²) in [5.41, 5.74) is 8.34. The molecule has 0 amide bonds. The number of allylic oxidation sites excluding steroid dienone is 1. The highest BCUT2D eigenvalue weighted by Gasteiger charge is 2.22. The number of aromatic nitrogens is 4. The van der Waals surface area contributed by atoms with Crippen molar-refractivity contribution in [3.63, 3.8) is 0 Å². The van der Waals surface area contributed by atoms with Gasteiger partial charge in [0.15, 0.2) is 0 Å². The second-order valence-corrected chi connectivity index (χ2v) is 6.95. The molecule has 0 spiro atoms. The van der Waals surface area contributed by atoms with E-state index in [4.69, 9.17) is 4.98 Å². The minimum absolute atomic E-state index is 0.677. The van der Waals surface area contributed by atoms with E-state index in [0.717, 1.165) is 17.5 Å². The zero-order chi connectivity index (χ0) is 16.1. The van der Waals surface area contributed by atoms with Gasteiger partial charge in [0, 0.05) is 30.6 Å². The van der Waals surface area contributed by atoms with Crippen molar-refractivity contribution in [2.75, 3.05) is 0 Å². The van der Waals surface area contributed by atoms with E-state index < -0.39 is 0 Å². The van der Waals surface area contributed by atoms with Crippen molar-refractivity contribution in [2.24, 2.45) is 7.05 Å². The van der Waals surface area contributed by atoms with Crippen molar-refractivity contribution >= 4 is 16.6 Å². The fourth-order valence-corrected chi connectivity index (χ4v) is 4.15. The molecule has 0 saturated heterocycles. The van der Waals surface area contributed by atoms with Crippen molar-refractivity contribution in [2.45, 2.75) is 38.0 Å². The Labute approximate surface area is 141 Å². The average molecular weight is 316 g/mol. The minimum atomic E-state index is 0.677. The largest absolute Gasteiger partial charge is 0.257 e. The Hall–Kier alpha value is -2.49. The lowest BCUT2D eigenvalue weighted by atomic mass is 9.98. The van der Waals surface area contributed by atoms with Crippen LogP contribution in [0.15, 0.2) is 36.4 Å². The topological polar surface area (TPSA) is 43.6 Å². The van der Waals surface area contributed by atoms with E-state index in [2.05, 4.69) is 46.7 Å². The molecule has 4 heteroatoms. The Kier molecular flexibility index (Phi) is 3.05. The molecule has 1 fully saturated rings. The van der Waals surface area contributed by atoms with Gasteiger partial charge >= 0.3 is 0 Å². The zero-order valence-corrected chi connectivity index (χ0v) is 13.9. The number of fused-ring (bicyclic) bond motifs is 2. The summed E-state index contributed by atoms with van der Waals surface area (Å²) in [4.78, 5) is 5.00. The molecule has 5 rings (SSSR count). The first-order valence-corrected chi connectivity index (χ1v) is 8.80. The van der Waals surface area contributed by atoms with Gasteiger partial charge in [-0.15, -0.1) is 5.10 Å². The van der Waals surface area contributed by atoms with Gasteiger partial charge in [-0.25, -0.2) is 4.68 Å². The van der Waals surface area contributed by atoms with Gasteiger partial charge in [-0.1, -0.05) is 36.3 Å². The van der Waals surface area contributed by atoms with Crippen LogP contribution in [0.3, 0.4) is 0 Å². The Morgan fingerprint density at radius 3 is 2.83 bits per heavy atom. The molecule has 2 aromatic heterocycles. The van der Waals surface area contributed by atoms with Crippen LogP contribution in [-0.4, -0.2) is 20.0 Å². The monoisotopic (exact) mass is 316 g/mol. The molecule has 0 unspecified atom stereocenters. The van der Waals surface area contributed by atoms with Gasteiger partial charge in [0.25, 0.3) is 0 Å². The Morgan fingerprint density at radius 1 is 1.08 bits per heavy atom. The lowest BCUT2D eigenvalue weighted by Gasteiger charge is -2.12. The summed E-state index contributed by atoms with van der Waals surface area (Å²) in [6, 6.07) is 10.9. The number of nitrogens with zero attached hydrogens (tertiary/aromatic N) is 4. The van der Waals surface area contributed by atoms with Crippen LogP contribution < -0.4 is 0 Å². The number of hydrogen-bond acceptors (Lipinski definition) is 3. The third-order valence-corrected chi connectivity index (χ3v) is 5.48. The number of benzene rings is 1. The molecule has 1 saturated carbocycles. The molecule has 24 heavy (non-hydrogen) atoms. The maximum Gasteiger partial charge on any atom is 0.113 e. The molecule has 4 nitrogen and oxygen atoms in total. The molecule has 0 N–H and O–H groups in total. The molecule has 0 aliphatic heterocycles. The summed E-state index contributed by atoms with van der Waals surface area (Å²) in [5, 5.41) is 8.27. The molecule has 1 aromatic carbocycles. The molecular weight excluding hydrogens is 296 g/mol. The third kappa shape index (κ3) is 2.09. The summed E-state index contributed by atoms with van der Waals surface area (Å²) in [6.45, 7) is 0. The molecular formula is C20H20N4. The first-order valence-electron chi connectivity index (χ1n) is 8.80. The van der Waals surface area contributed by atoms with Crippen molar-refractivity contribution in [1.29, 1.82) is 0 Å². The van der Waals surface area contributed by atoms with Crippen molar-refractivity contribution < 1.29 is 0 Å². The lowest BCUT2D eigenvalue weighted by Crippen LogP contribution is -2.00. The van der Waals surface area contributed by atoms with Crippen LogP contribution in [0.2, 0.25) is 0 Å². The van der Waals surface area contributed by atoms with E-state index in [1.165, 1.54) is 53.8 Å². The van der Waals surface area contributed by atoms with E-state index in [0.29, 0.717) is 5.92 Å². The van der Waals surface area contributed by atoms with Crippen molar-refractivity contribution in [3.8, 4) is 0 Å². The molecule has 0 bridgehead atoms. The van der Waals surface area contributed by atoms with E-state index >= 15 is 0 Å². The lowest BCUT2D eigenvalue weighted by molar-refractivity contribution is 0.693. The normalized spacial score (nSPS) is 17.5. The van der Waals surface area contributed by atoms with Crippen LogP contribution in [-0.2, 0) is 13.5 Å². The van der Waals surface area contributed by atoms with Gasteiger partial charge < -0.3 is 0 Å². The minimum Gasteiger partial charge on any atom is -0.257 e. The van der Waals surface area contributed by atoms with Crippen LogP contribution in [0, 0.1) is 0 Å². The summed E-state index contributed by atoms with van der Waals surface area (Å²) in [7, 11) is 1.94. The van der Waals surface area contributed by atoms with Gasteiger partial charge in [-0.05, 0) is 42.2 Å². The molecule has 3 aromatic rings. The number of hydrogen-bond donors (Lipinski definition) is 0. The smallest absolute Gasteiger partial charge is 0.113 e. The Morgan fingerprint density at radius 2 is 1.96 bits per heavy atom. The second-order valence-electron chi connectivity index (χ2n) is 6.95. The van der Waals surface area contributed by atoms with Crippen LogP contribution >= 0.6 is 0 Å². The standard InChI is InChI=1S/C20H20N4/c1-24-20-12-14(6-9-19(20)22-23-24)15-7-11-18-16(15)8-10-17(21-18)13-4-2-3-5-13/h6-10,12-13H,2-5,11H2,1H3. The van der Waals surface area contributed by atoms with Crippen LogP contribution in [0.1, 0.15) is 54.1 Å². The fourth-order valence-electron chi connectivity index (χ4n) is 4.15. The summed E-state index contributed by atoms with van der Waals surface area (Å²) in [6.07, 6.45) is 8.55. The number of aryl methyl sites for hydroxylation is 1. The number of rotatable bonds is 2. The van der Waals surface area contributed by atoms with E-state index in [1.54, 1.807) is 0 Å². The summed E-state index contributed by atoms with van der Waals surface area (Å²) in [5.74, 6) is 0.677. The van der Waals surface area contributed by atoms with Crippen LogP contribution in [0.5, 0.6) is 0 Å². The maximum absolute atomic E-state index is 5.00. The average Bonchev–Trinajstić information content (AvgIpc) is 3.34. The Balaban J connectivity index is 1.53. The number of pyridine rings is 1. The summed E-state index contributed by atoms with van der Waals surface area (Å²) >= 11 is 0. The first kappa shape index (κ1) is 13.9. The molecule has 2 heterocycles. The molecule has 2 aliphatic rings. The second kappa shape index (κ2) is 5.26. The molecule has 0 radical (unpaired) electrons. The molecule has 0 atom stereocenters. The quantitative estimate of drug-likeness (QED) is 0.717. The van der Waals surface area contributed by atoms with E-state index in [9.17, 15) is 0 Å². The van der Waals surface area contributed by atoms with Gasteiger partial charge in [-0.3, -0.25) is 4.98 Å². The molecule has 2 aliphatic carbocycles. The van der Waals surface area contributed by atoms with Gasteiger partial charge in [0.1, 0.15) is 5.52 Å². The van der Waals surface area contributed by atoms with Crippen molar-refractivity contribution in [1.82, 2.24) is 20.0 Å². The highest BCUT2D eigenvalue weighted by atomic mass is 15.4. The zero-order valence-electron chi connectivity index (χ0n) is 13.9. The predicted octanol–water partition coefficient (Wildman–Crippen LogP) is 4.01. The fraction of sp³-hybridized carbons (Fsp3) is 0.350. The Bertz CT molecular complexity index is 961.